The molecular weight excluding hydrogens is 278 g/mol. The summed E-state index contributed by atoms with van der Waals surface area (Å²) in [5.74, 6) is 1.85. The molecule has 7 nitrogen and oxygen atoms in total. The first kappa shape index (κ1) is 13.7. The molecule has 110 valence electrons. The van der Waals surface area contributed by atoms with E-state index in [9.17, 15) is 0 Å². The van der Waals surface area contributed by atoms with Crippen molar-refractivity contribution >= 4 is 23.4 Å². The van der Waals surface area contributed by atoms with Crippen LogP contribution in [-0.4, -0.2) is 27.0 Å². The Morgan fingerprint density at radius 3 is 2.45 bits per heavy atom. The Morgan fingerprint density at radius 1 is 0.955 bits per heavy atom. The molecule has 0 fully saturated rings. The Hall–Kier alpha value is -3.22. The summed E-state index contributed by atoms with van der Waals surface area (Å²) in [6.07, 6.45) is 1.69. The van der Waals surface area contributed by atoms with Gasteiger partial charge in [-0.05, 0) is 12.1 Å². The van der Waals surface area contributed by atoms with E-state index in [2.05, 4.69) is 30.6 Å². The quantitative estimate of drug-likeness (QED) is 0.678. The van der Waals surface area contributed by atoms with Gasteiger partial charge in [0.05, 0.1) is 11.9 Å². The Bertz CT molecular complexity index is 757. The fraction of sp³-hybridized carbons (Fsp3) is 0.0667. The Labute approximate surface area is 127 Å². The van der Waals surface area contributed by atoms with Crippen molar-refractivity contribution in [2.45, 2.75) is 0 Å². The van der Waals surface area contributed by atoms with Crippen LogP contribution in [0, 0.1) is 0 Å². The lowest BCUT2D eigenvalue weighted by molar-refractivity contribution is 1.07. The number of aromatic nitrogens is 4. The van der Waals surface area contributed by atoms with Crippen molar-refractivity contribution in [1.29, 1.82) is 0 Å². The number of anilines is 4. The monoisotopic (exact) mass is 293 g/mol. The van der Waals surface area contributed by atoms with E-state index >= 15 is 0 Å². The number of hydrogen-bond acceptors (Lipinski definition) is 7. The topological polar surface area (TPSA) is 102 Å². The molecule has 0 aliphatic rings. The van der Waals surface area contributed by atoms with Crippen molar-refractivity contribution in [3.63, 3.8) is 0 Å². The van der Waals surface area contributed by atoms with E-state index in [1.807, 2.05) is 49.5 Å². The van der Waals surface area contributed by atoms with E-state index in [-0.39, 0.29) is 5.95 Å². The number of hydrogen-bond donors (Lipinski definition) is 3. The molecular formula is C15H15N7. The fourth-order valence-corrected chi connectivity index (χ4v) is 1.91. The zero-order valence-electron chi connectivity index (χ0n) is 12.0. The number of rotatable bonds is 4. The van der Waals surface area contributed by atoms with Gasteiger partial charge in [0.1, 0.15) is 5.82 Å². The standard InChI is InChI=1S/C15H15N7/c1-17-12-8-7-11(9-18-12)19-15-21-13(20-14(16)22-15)10-5-3-2-4-6-10/h2-9H,1H3,(H,17,18)(H3,16,19,20,21,22). The van der Waals surface area contributed by atoms with Gasteiger partial charge in [-0.25, -0.2) is 4.98 Å². The van der Waals surface area contributed by atoms with Crippen molar-refractivity contribution in [3.8, 4) is 11.4 Å². The van der Waals surface area contributed by atoms with Crippen LogP contribution in [0.15, 0.2) is 48.7 Å². The molecule has 0 bridgehead atoms. The predicted molar refractivity (Wildman–Crippen MR) is 86.7 cm³/mol. The van der Waals surface area contributed by atoms with Crippen LogP contribution in [0.25, 0.3) is 11.4 Å². The van der Waals surface area contributed by atoms with Crippen LogP contribution in [0.3, 0.4) is 0 Å². The summed E-state index contributed by atoms with van der Waals surface area (Å²) in [5, 5.41) is 6.03. The molecule has 2 aromatic heterocycles. The highest BCUT2D eigenvalue weighted by atomic mass is 15.2. The summed E-state index contributed by atoms with van der Waals surface area (Å²) in [4.78, 5) is 16.9. The van der Waals surface area contributed by atoms with Crippen LogP contribution in [0.1, 0.15) is 0 Å². The van der Waals surface area contributed by atoms with Crippen LogP contribution in [0.5, 0.6) is 0 Å². The minimum atomic E-state index is 0.163. The van der Waals surface area contributed by atoms with E-state index in [0.717, 1.165) is 17.1 Å². The first-order valence-electron chi connectivity index (χ1n) is 6.72. The van der Waals surface area contributed by atoms with Crippen LogP contribution in [0.4, 0.5) is 23.4 Å². The zero-order valence-corrected chi connectivity index (χ0v) is 12.0. The largest absolute Gasteiger partial charge is 0.373 e. The minimum absolute atomic E-state index is 0.163. The summed E-state index contributed by atoms with van der Waals surface area (Å²) in [7, 11) is 1.81. The van der Waals surface area contributed by atoms with Gasteiger partial charge in [-0.1, -0.05) is 30.3 Å². The molecule has 0 radical (unpaired) electrons. The third kappa shape index (κ3) is 3.09. The molecule has 7 heteroatoms. The van der Waals surface area contributed by atoms with Gasteiger partial charge in [-0.15, -0.1) is 0 Å². The summed E-state index contributed by atoms with van der Waals surface area (Å²) in [6.45, 7) is 0. The Kier molecular flexibility index (Phi) is 3.78. The van der Waals surface area contributed by atoms with Gasteiger partial charge in [0.25, 0.3) is 0 Å². The van der Waals surface area contributed by atoms with Crippen LogP contribution in [-0.2, 0) is 0 Å². The second-order valence-corrected chi connectivity index (χ2v) is 4.51. The van der Waals surface area contributed by atoms with E-state index in [4.69, 9.17) is 5.73 Å². The molecule has 0 aliphatic heterocycles. The molecule has 0 spiro atoms. The van der Waals surface area contributed by atoms with Gasteiger partial charge in [-0.2, -0.15) is 15.0 Å². The number of nitrogens with two attached hydrogens (primary N) is 1. The molecule has 4 N–H and O–H groups in total. The maximum Gasteiger partial charge on any atom is 0.232 e. The second kappa shape index (κ2) is 6.04. The first-order chi connectivity index (χ1) is 10.7. The van der Waals surface area contributed by atoms with Gasteiger partial charge in [0.15, 0.2) is 5.82 Å². The zero-order chi connectivity index (χ0) is 15.4. The molecule has 0 saturated carbocycles. The molecule has 3 aromatic rings. The SMILES string of the molecule is CNc1ccc(Nc2nc(N)nc(-c3ccccc3)n2)cn1. The van der Waals surface area contributed by atoms with E-state index in [0.29, 0.717) is 11.8 Å². The Balaban J connectivity index is 1.89. The second-order valence-electron chi connectivity index (χ2n) is 4.51. The number of nitrogens with one attached hydrogen (secondary N) is 2. The highest BCUT2D eigenvalue weighted by Gasteiger charge is 2.07. The average molecular weight is 293 g/mol. The maximum absolute atomic E-state index is 5.77. The van der Waals surface area contributed by atoms with Crippen LogP contribution in [0.2, 0.25) is 0 Å². The van der Waals surface area contributed by atoms with Crippen LogP contribution >= 0.6 is 0 Å². The van der Waals surface area contributed by atoms with Gasteiger partial charge in [0.2, 0.25) is 11.9 Å². The highest BCUT2D eigenvalue weighted by Crippen LogP contribution is 2.19. The third-order valence-electron chi connectivity index (χ3n) is 2.96. The number of nitrogens with zero attached hydrogens (tertiary/aromatic N) is 4. The number of benzene rings is 1. The molecule has 3 rings (SSSR count). The lowest BCUT2D eigenvalue weighted by atomic mass is 10.2. The van der Waals surface area contributed by atoms with Gasteiger partial charge in [0, 0.05) is 12.6 Å². The van der Waals surface area contributed by atoms with Gasteiger partial charge in [-0.3, -0.25) is 0 Å². The molecule has 0 amide bonds. The minimum Gasteiger partial charge on any atom is -0.373 e. The van der Waals surface area contributed by atoms with Crippen molar-refractivity contribution in [2.75, 3.05) is 23.4 Å². The molecule has 1 aromatic carbocycles. The van der Waals surface area contributed by atoms with Gasteiger partial charge < -0.3 is 16.4 Å². The number of nitrogen functional groups attached to an aromatic ring is 1. The smallest absolute Gasteiger partial charge is 0.232 e. The van der Waals surface area contributed by atoms with E-state index in [1.165, 1.54) is 0 Å². The molecule has 0 aliphatic carbocycles. The normalized spacial score (nSPS) is 10.2. The van der Waals surface area contributed by atoms with Crippen molar-refractivity contribution in [1.82, 2.24) is 19.9 Å². The molecule has 2 heterocycles. The lowest BCUT2D eigenvalue weighted by Crippen LogP contribution is -2.05. The lowest BCUT2D eigenvalue weighted by Gasteiger charge is -2.07. The van der Waals surface area contributed by atoms with Crippen molar-refractivity contribution in [3.05, 3.63) is 48.7 Å². The van der Waals surface area contributed by atoms with Gasteiger partial charge >= 0.3 is 0 Å². The van der Waals surface area contributed by atoms with E-state index < -0.39 is 0 Å². The molecule has 22 heavy (non-hydrogen) atoms. The first-order valence-corrected chi connectivity index (χ1v) is 6.72. The predicted octanol–water partition coefficient (Wildman–Crippen LogP) is 2.30. The average Bonchev–Trinajstić information content (AvgIpc) is 2.56. The van der Waals surface area contributed by atoms with Crippen LogP contribution < -0.4 is 16.4 Å². The molecule has 0 unspecified atom stereocenters. The number of pyridine rings is 1. The summed E-state index contributed by atoms with van der Waals surface area (Å²) >= 11 is 0. The highest BCUT2D eigenvalue weighted by molar-refractivity contribution is 5.60. The maximum atomic E-state index is 5.77. The molecule has 0 saturated heterocycles. The van der Waals surface area contributed by atoms with E-state index in [1.54, 1.807) is 6.20 Å². The van der Waals surface area contributed by atoms with Crippen molar-refractivity contribution < 1.29 is 0 Å². The third-order valence-corrected chi connectivity index (χ3v) is 2.96. The molecule has 0 atom stereocenters. The van der Waals surface area contributed by atoms with Crippen molar-refractivity contribution in [2.24, 2.45) is 0 Å². The Morgan fingerprint density at radius 2 is 1.77 bits per heavy atom. The summed E-state index contributed by atoms with van der Waals surface area (Å²) in [6, 6.07) is 13.3. The summed E-state index contributed by atoms with van der Waals surface area (Å²) in [5.41, 5.74) is 7.41. The summed E-state index contributed by atoms with van der Waals surface area (Å²) < 4.78 is 0. The fourth-order valence-electron chi connectivity index (χ4n) is 1.91.